The van der Waals surface area contributed by atoms with Gasteiger partial charge in [-0.15, -0.1) is 0 Å². The second kappa shape index (κ2) is 5.07. The Bertz CT molecular complexity index is 530. The van der Waals surface area contributed by atoms with E-state index in [1.807, 2.05) is 12.1 Å². The van der Waals surface area contributed by atoms with Gasteiger partial charge in [-0.05, 0) is 17.7 Å². The third-order valence-electron chi connectivity index (χ3n) is 2.08. The molecule has 5 nitrogen and oxygen atoms in total. The Morgan fingerprint density at radius 2 is 2.35 bits per heavy atom. The van der Waals surface area contributed by atoms with Crippen LogP contribution in [-0.4, -0.2) is 20.7 Å². The molecule has 1 N–H and O–H groups in total. The minimum atomic E-state index is -0.215. The van der Waals surface area contributed by atoms with Crippen molar-refractivity contribution in [2.45, 2.75) is 0 Å². The molecule has 0 aliphatic heterocycles. The smallest absolute Gasteiger partial charge is 0.249 e. The van der Waals surface area contributed by atoms with Gasteiger partial charge in [0.15, 0.2) is 5.82 Å². The molecule has 0 radical (unpaired) electrons. The number of anilines is 1. The molecule has 0 unspecified atom stereocenters. The van der Waals surface area contributed by atoms with E-state index in [-0.39, 0.29) is 5.91 Å². The quantitative estimate of drug-likeness (QED) is 0.809. The summed E-state index contributed by atoms with van der Waals surface area (Å²) in [7, 11) is 1.79. The number of pyridine rings is 1. The van der Waals surface area contributed by atoms with E-state index >= 15 is 0 Å². The first kappa shape index (κ1) is 11.1. The molecular weight excluding hydrogens is 216 g/mol. The standard InChI is InChI=1S/C12H12N4O/c1-16-8-6-11(15-16)14-12(17)5-4-10-3-2-7-13-9-10/h2-9H,1H3,(H,14,15,17)/b5-4+. The summed E-state index contributed by atoms with van der Waals surface area (Å²) in [5, 5.41) is 6.70. The molecular formula is C12H12N4O. The van der Waals surface area contributed by atoms with Crippen LogP contribution in [0.4, 0.5) is 5.82 Å². The number of nitrogens with zero attached hydrogens (tertiary/aromatic N) is 3. The van der Waals surface area contributed by atoms with E-state index in [0.717, 1.165) is 5.56 Å². The van der Waals surface area contributed by atoms with E-state index < -0.39 is 0 Å². The van der Waals surface area contributed by atoms with Gasteiger partial charge in [0, 0.05) is 37.8 Å². The van der Waals surface area contributed by atoms with Crippen molar-refractivity contribution in [1.29, 1.82) is 0 Å². The fourth-order valence-electron chi connectivity index (χ4n) is 1.30. The maximum Gasteiger partial charge on any atom is 0.249 e. The first-order valence-corrected chi connectivity index (χ1v) is 5.13. The van der Waals surface area contributed by atoms with E-state index in [1.165, 1.54) is 6.08 Å². The zero-order valence-electron chi connectivity index (χ0n) is 9.37. The van der Waals surface area contributed by atoms with Gasteiger partial charge < -0.3 is 5.32 Å². The lowest BCUT2D eigenvalue weighted by atomic mass is 10.2. The molecule has 0 spiro atoms. The normalized spacial score (nSPS) is 10.6. The van der Waals surface area contributed by atoms with Gasteiger partial charge in [0.05, 0.1) is 0 Å². The van der Waals surface area contributed by atoms with Crippen LogP contribution in [0.25, 0.3) is 6.08 Å². The van der Waals surface area contributed by atoms with Crippen molar-refractivity contribution < 1.29 is 4.79 Å². The summed E-state index contributed by atoms with van der Waals surface area (Å²) in [6.07, 6.45) is 8.28. The number of rotatable bonds is 3. The third-order valence-corrected chi connectivity index (χ3v) is 2.08. The number of aryl methyl sites for hydroxylation is 1. The van der Waals surface area contributed by atoms with Crippen LogP contribution >= 0.6 is 0 Å². The minimum absolute atomic E-state index is 0.215. The van der Waals surface area contributed by atoms with Crippen LogP contribution < -0.4 is 5.32 Å². The van der Waals surface area contributed by atoms with Crippen LogP contribution in [0, 0.1) is 0 Å². The van der Waals surface area contributed by atoms with Gasteiger partial charge in [-0.3, -0.25) is 14.5 Å². The number of amides is 1. The van der Waals surface area contributed by atoms with Crippen molar-refractivity contribution in [3.63, 3.8) is 0 Å². The maximum absolute atomic E-state index is 11.5. The highest BCUT2D eigenvalue weighted by Gasteiger charge is 1.99. The first-order chi connectivity index (χ1) is 8.24. The van der Waals surface area contributed by atoms with E-state index in [0.29, 0.717) is 5.82 Å². The number of hydrogen-bond donors (Lipinski definition) is 1. The average molecular weight is 228 g/mol. The minimum Gasteiger partial charge on any atom is -0.306 e. The van der Waals surface area contributed by atoms with E-state index in [9.17, 15) is 4.79 Å². The SMILES string of the molecule is Cn1ccc(NC(=O)/C=C/c2cccnc2)n1. The van der Waals surface area contributed by atoms with Gasteiger partial charge in [0.1, 0.15) is 0 Å². The molecule has 2 aromatic rings. The van der Waals surface area contributed by atoms with Gasteiger partial charge in [-0.1, -0.05) is 6.07 Å². The Morgan fingerprint density at radius 3 is 3.00 bits per heavy atom. The maximum atomic E-state index is 11.5. The highest BCUT2D eigenvalue weighted by Crippen LogP contribution is 2.02. The van der Waals surface area contributed by atoms with Crippen molar-refractivity contribution in [1.82, 2.24) is 14.8 Å². The number of carbonyl (C=O) groups excluding carboxylic acids is 1. The number of hydrogen-bond acceptors (Lipinski definition) is 3. The second-order valence-corrected chi connectivity index (χ2v) is 3.48. The van der Waals surface area contributed by atoms with Crippen LogP contribution in [0.2, 0.25) is 0 Å². The highest BCUT2D eigenvalue weighted by molar-refractivity contribution is 6.01. The molecule has 0 bridgehead atoms. The Balaban J connectivity index is 1.96. The molecule has 2 heterocycles. The predicted molar refractivity (Wildman–Crippen MR) is 65.1 cm³/mol. The van der Waals surface area contributed by atoms with Crippen LogP contribution in [0.5, 0.6) is 0 Å². The Morgan fingerprint density at radius 1 is 1.47 bits per heavy atom. The second-order valence-electron chi connectivity index (χ2n) is 3.48. The molecule has 0 aliphatic carbocycles. The predicted octanol–water partition coefficient (Wildman–Crippen LogP) is 1.47. The number of nitrogens with one attached hydrogen (secondary N) is 1. The molecule has 2 aromatic heterocycles. The largest absolute Gasteiger partial charge is 0.306 e. The fourth-order valence-corrected chi connectivity index (χ4v) is 1.30. The van der Waals surface area contributed by atoms with Crippen molar-refractivity contribution in [2.75, 3.05) is 5.32 Å². The summed E-state index contributed by atoms with van der Waals surface area (Å²) in [6, 6.07) is 5.42. The molecule has 0 fully saturated rings. The third kappa shape index (κ3) is 3.27. The molecule has 0 saturated carbocycles. The zero-order chi connectivity index (χ0) is 12.1. The van der Waals surface area contributed by atoms with Crippen LogP contribution in [0.1, 0.15) is 5.56 Å². The van der Waals surface area contributed by atoms with Gasteiger partial charge in [-0.25, -0.2) is 0 Å². The lowest BCUT2D eigenvalue weighted by Crippen LogP contribution is -2.08. The van der Waals surface area contributed by atoms with Gasteiger partial charge in [-0.2, -0.15) is 5.10 Å². The zero-order valence-corrected chi connectivity index (χ0v) is 9.37. The number of carbonyl (C=O) groups is 1. The van der Waals surface area contributed by atoms with Crippen LogP contribution in [-0.2, 0) is 11.8 Å². The lowest BCUT2D eigenvalue weighted by Gasteiger charge is -1.96. The van der Waals surface area contributed by atoms with E-state index in [2.05, 4.69) is 15.4 Å². The molecule has 0 aliphatic rings. The summed E-state index contributed by atoms with van der Waals surface area (Å²) < 4.78 is 1.63. The summed E-state index contributed by atoms with van der Waals surface area (Å²) in [4.78, 5) is 15.5. The fraction of sp³-hybridized carbons (Fsp3) is 0.0833. The highest BCUT2D eigenvalue weighted by atomic mass is 16.1. The van der Waals surface area contributed by atoms with Crippen molar-refractivity contribution in [2.24, 2.45) is 7.05 Å². The molecule has 5 heteroatoms. The van der Waals surface area contributed by atoms with Gasteiger partial charge >= 0.3 is 0 Å². The van der Waals surface area contributed by atoms with Crippen LogP contribution in [0.15, 0.2) is 42.9 Å². The Kier molecular flexibility index (Phi) is 3.30. The molecule has 17 heavy (non-hydrogen) atoms. The molecule has 2 rings (SSSR count). The van der Waals surface area contributed by atoms with Gasteiger partial charge in [0.25, 0.3) is 0 Å². The van der Waals surface area contributed by atoms with E-state index in [1.54, 1.807) is 42.5 Å². The van der Waals surface area contributed by atoms with Crippen molar-refractivity contribution >= 4 is 17.8 Å². The van der Waals surface area contributed by atoms with Crippen LogP contribution in [0.3, 0.4) is 0 Å². The first-order valence-electron chi connectivity index (χ1n) is 5.13. The number of aromatic nitrogens is 3. The molecule has 0 aromatic carbocycles. The Hall–Kier alpha value is -2.43. The molecule has 1 amide bonds. The molecule has 86 valence electrons. The van der Waals surface area contributed by atoms with Gasteiger partial charge in [0.2, 0.25) is 5.91 Å². The topological polar surface area (TPSA) is 59.8 Å². The van der Waals surface area contributed by atoms with Crippen molar-refractivity contribution in [3.8, 4) is 0 Å². The average Bonchev–Trinajstić information content (AvgIpc) is 2.73. The monoisotopic (exact) mass is 228 g/mol. The molecule has 0 atom stereocenters. The van der Waals surface area contributed by atoms with E-state index in [4.69, 9.17) is 0 Å². The molecule has 0 saturated heterocycles. The summed E-state index contributed by atoms with van der Waals surface area (Å²) in [5.74, 6) is 0.320. The van der Waals surface area contributed by atoms with Crippen molar-refractivity contribution in [3.05, 3.63) is 48.4 Å². The summed E-state index contributed by atoms with van der Waals surface area (Å²) >= 11 is 0. The Labute approximate surface area is 98.8 Å². The lowest BCUT2D eigenvalue weighted by molar-refractivity contribution is -0.111. The summed E-state index contributed by atoms with van der Waals surface area (Å²) in [6.45, 7) is 0. The summed E-state index contributed by atoms with van der Waals surface area (Å²) in [5.41, 5.74) is 0.878.